The molecule has 0 saturated heterocycles. The molecule has 0 aromatic rings. The van der Waals surface area contributed by atoms with Gasteiger partial charge in [-0.1, -0.05) is 25.5 Å². The number of carbonyl (C=O) groups is 3. The first-order valence-corrected chi connectivity index (χ1v) is 9.64. The lowest BCUT2D eigenvalue weighted by Crippen LogP contribution is -2.54. The maximum Gasteiger partial charge on any atom is 0.303 e. The second kappa shape index (κ2) is 15.2. The van der Waals surface area contributed by atoms with E-state index in [0.29, 0.717) is 56.5 Å². The number of unbranched alkanes of at least 4 members (excludes halogenated alkanes) is 1. The lowest BCUT2D eigenvalue weighted by molar-refractivity contribution is -0.927. The fraction of sp³-hybridized carbons (Fsp3) is 0.737. The highest BCUT2D eigenvalue weighted by Gasteiger charge is 2.26. The van der Waals surface area contributed by atoms with E-state index in [2.05, 4.69) is 12.2 Å². The minimum Gasteiger partial charge on any atom is -0.550 e. The Morgan fingerprint density at radius 3 is 2.26 bits per heavy atom. The molecule has 156 valence electrons. The van der Waals surface area contributed by atoms with Gasteiger partial charge in [-0.25, -0.2) is 0 Å². The number of carboxylic acids is 2. The topological polar surface area (TPSA) is 127 Å². The van der Waals surface area contributed by atoms with Gasteiger partial charge >= 0.3 is 5.97 Å². The molecule has 0 heterocycles. The van der Waals surface area contributed by atoms with Gasteiger partial charge in [-0.05, 0) is 12.8 Å². The van der Waals surface area contributed by atoms with E-state index in [-0.39, 0.29) is 25.4 Å². The number of amides is 1. The van der Waals surface area contributed by atoms with Crippen molar-refractivity contribution < 1.29 is 34.2 Å². The molecule has 0 aromatic heterocycles. The van der Waals surface area contributed by atoms with E-state index in [4.69, 9.17) is 5.11 Å². The van der Waals surface area contributed by atoms with Crippen molar-refractivity contribution in [1.29, 1.82) is 0 Å². The van der Waals surface area contributed by atoms with E-state index in [1.165, 1.54) is 0 Å². The Morgan fingerprint density at radius 1 is 1.04 bits per heavy atom. The summed E-state index contributed by atoms with van der Waals surface area (Å²) in [7, 11) is 0. The highest BCUT2D eigenvalue weighted by molar-refractivity contribution is 5.77. The molecule has 0 fully saturated rings. The molecule has 0 aromatic carbocycles. The summed E-state index contributed by atoms with van der Waals surface area (Å²) in [5.74, 6) is -2.11. The van der Waals surface area contributed by atoms with Gasteiger partial charge in [-0.2, -0.15) is 0 Å². The Morgan fingerprint density at radius 2 is 1.70 bits per heavy atom. The van der Waals surface area contributed by atoms with Crippen LogP contribution in [0.4, 0.5) is 0 Å². The normalized spacial score (nSPS) is 13.4. The number of allylic oxidation sites excluding steroid dienone is 1. The van der Waals surface area contributed by atoms with Crippen molar-refractivity contribution in [3.05, 3.63) is 12.2 Å². The molecule has 8 heteroatoms. The Hall–Kier alpha value is -1.93. The minimum atomic E-state index is -1.13. The van der Waals surface area contributed by atoms with Crippen LogP contribution in [0.15, 0.2) is 12.2 Å². The number of quaternary nitrogens is 1. The Kier molecular flexibility index (Phi) is 14.1. The Bertz CT molecular complexity index is 459. The van der Waals surface area contributed by atoms with Gasteiger partial charge < -0.3 is 29.9 Å². The molecule has 0 spiro atoms. The molecule has 27 heavy (non-hydrogen) atoms. The number of aliphatic hydroxyl groups excluding tert-OH is 1. The van der Waals surface area contributed by atoms with Crippen molar-refractivity contribution in [2.45, 2.75) is 51.9 Å². The molecule has 0 bridgehead atoms. The summed E-state index contributed by atoms with van der Waals surface area (Å²) in [5, 5.41) is 31.8. The van der Waals surface area contributed by atoms with Crippen LogP contribution in [0.1, 0.15) is 51.9 Å². The molecular formula is C19H34N2O6. The SMILES string of the molecule is CCC/C=C/CC(=O)NCC[N+](CCO)(CCCC(=O)[O-])CCCC(=O)O. The van der Waals surface area contributed by atoms with E-state index in [9.17, 15) is 24.6 Å². The van der Waals surface area contributed by atoms with Crippen LogP contribution >= 0.6 is 0 Å². The number of carbonyl (C=O) groups excluding carboxylic acids is 2. The number of aliphatic carboxylic acids is 2. The molecule has 1 unspecified atom stereocenters. The molecule has 0 radical (unpaired) electrons. The van der Waals surface area contributed by atoms with Crippen LogP contribution in [-0.4, -0.2) is 71.9 Å². The van der Waals surface area contributed by atoms with Gasteiger partial charge in [0.2, 0.25) is 5.91 Å². The lowest BCUT2D eigenvalue weighted by atomic mass is 10.2. The quantitative estimate of drug-likeness (QED) is 0.239. The third-order valence-electron chi connectivity index (χ3n) is 4.44. The predicted octanol–water partition coefficient (Wildman–Crippen LogP) is 0.0530. The fourth-order valence-corrected chi connectivity index (χ4v) is 2.99. The number of rotatable bonds is 17. The Balaban J connectivity index is 4.69. The monoisotopic (exact) mass is 386 g/mol. The van der Waals surface area contributed by atoms with Crippen molar-refractivity contribution in [3.8, 4) is 0 Å². The van der Waals surface area contributed by atoms with Crippen LogP contribution in [-0.2, 0) is 14.4 Å². The average Bonchev–Trinajstić information content (AvgIpc) is 2.58. The van der Waals surface area contributed by atoms with Crippen LogP contribution in [0.25, 0.3) is 0 Å². The second-order valence-corrected chi connectivity index (χ2v) is 6.75. The summed E-state index contributed by atoms with van der Waals surface area (Å²) in [6, 6.07) is 0. The van der Waals surface area contributed by atoms with Crippen LogP contribution < -0.4 is 10.4 Å². The van der Waals surface area contributed by atoms with Crippen LogP contribution in [0.2, 0.25) is 0 Å². The highest BCUT2D eigenvalue weighted by atomic mass is 16.4. The Labute approximate surface area is 161 Å². The van der Waals surface area contributed by atoms with E-state index >= 15 is 0 Å². The molecule has 0 saturated carbocycles. The average molecular weight is 386 g/mol. The maximum atomic E-state index is 11.9. The first-order chi connectivity index (χ1) is 12.8. The van der Waals surface area contributed by atoms with E-state index in [0.717, 1.165) is 12.8 Å². The first kappa shape index (κ1) is 25.1. The van der Waals surface area contributed by atoms with Gasteiger partial charge in [-0.15, -0.1) is 0 Å². The molecule has 1 amide bonds. The summed E-state index contributed by atoms with van der Waals surface area (Å²) in [6.07, 6.45) is 6.81. The largest absolute Gasteiger partial charge is 0.550 e. The molecule has 1 atom stereocenters. The summed E-state index contributed by atoms with van der Waals surface area (Å²) >= 11 is 0. The molecule has 8 nitrogen and oxygen atoms in total. The maximum absolute atomic E-state index is 11.9. The number of hydrogen-bond acceptors (Lipinski definition) is 5. The lowest BCUT2D eigenvalue weighted by Gasteiger charge is -2.38. The summed E-state index contributed by atoms with van der Waals surface area (Å²) in [6.45, 7) is 4.25. The summed E-state index contributed by atoms with van der Waals surface area (Å²) in [5.41, 5.74) is 0. The van der Waals surface area contributed by atoms with Gasteiger partial charge in [0.25, 0.3) is 0 Å². The summed E-state index contributed by atoms with van der Waals surface area (Å²) < 4.78 is 0.378. The molecule has 0 aliphatic carbocycles. The number of carboxylic acid groups (broad SMARTS) is 2. The van der Waals surface area contributed by atoms with Gasteiger partial charge in [0.05, 0.1) is 39.2 Å². The molecule has 0 aliphatic heterocycles. The standard InChI is InChI=1S/C19H34N2O6/c1-2-3-4-5-8-17(23)20-11-14-21(15-16-22,12-6-9-18(24)25)13-7-10-19(26)27/h4-5,22H,2-3,6-16H2,1H3,(H2-,20,23,24,25,26,27)/b5-4+. The van der Waals surface area contributed by atoms with E-state index in [1.807, 2.05) is 12.2 Å². The zero-order chi connectivity index (χ0) is 20.5. The fourth-order valence-electron chi connectivity index (χ4n) is 2.99. The van der Waals surface area contributed by atoms with E-state index in [1.54, 1.807) is 0 Å². The number of hydrogen-bond donors (Lipinski definition) is 3. The first-order valence-electron chi connectivity index (χ1n) is 9.64. The van der Waals surface area contributed by atoms with Crippen LogP contribution in [0.3, 0.4) is 0 Å². The van der Waals surface area contributed by atoms with Crippen LogP contribution in [0, 0.1) is 0 Å². The van der Waals surface area contributed by atoms with Crippen molar-refractivity contribution in [3.63, 3.8) is 0 Å². The second-order valence-electron chi connectivity index (χ2n) is 6.75. The zero-order valence-electron chi connectivity index (χ0n) is 16.3. The zero-order valence-corrected chi connectivity index (χ0v) is 16.3. The van der Waals surface area contributed by atoms with Gasteiger partial charge in [0.1, 0.15) is 6.54 Å². The number of nitrogens with zero attached hydrogens (tertiary/aromatic N) is 1. The van der Waals surface area contributed by atoms with Crippen molar-refractivity contribution in [1.82, 2.24) is 5.32 Å². The summed E-state index contributed by atoms with van der Waals surface area (Å²) in [4.78, 5) is 33.4. The third kappa shape index (κ3) is 13.9. The highest BCUT2D eigenvalue weighted by Crippen LogP contribution is 2.12. The van der Waals surface area contributed by atoms with E-state index < -0.39 is 11.9 Å². The number of aliphatic hydroxyl groups is 1. The van der Waals surface area contributed by atoms with Gasteiger partial charge in [0, 0.05) is 25.2 Å². The van der Waals surface area contributed by atoms with Crippen LogP contribution in [0.5, 0.6) is 0 Å². The van der Waals surface area contributed by atoms with Crippen molar-refractivity contribution in [2.24, 2.45) is 0 Å². The molecule has 3 N–H and O–H groups in total. The number of nitrogens with one attached hydrogen (secondary N) is 1. The van der Waals surface area contributed by atoms with Gasteiger partial charge in [0.15, 0.2) is 0 Å². The predicted molar refractivity (Wildman–Crippen MR) is 99.6 cm³/mol. The molecular weight excluding hydrogens is 352 g/mol. The van der Waals surface area contributed by atoms with Gasteiger partial charge in [-0.3, -0.25) is 9.59 Å². The minimum absolute atomic E-state index is 0.0144. The van der Waals surface area contributed by atoms with Crippen molar-refractivity contribution in [2.75, 3.05) is 39.3 Å². The molecule has 0 aliphatic rings. The van der Waals surface area contributed by atoms with Crippen molar-refractivity contribution >= 4 is 17.8 Å². The molecule has 0 rings (SSSR count). The third-order valence-corrected chi connectivity index (χ3v) is 4.44. The smallest absolute Gasteiger partial charge is 0.303 e.